The van der Waals surface area contributed by atoms with Crippen LogP contribution in [0, 0.1) is 0 Å². The monoisotopic (exact) mass is 269 g/mol. The molecular weight excluding hydrogens is 258 g/mol. The normalized spacial score (nSPS) is 11.6. The molecule has 0 atom stereocenters. The molecule has 8 heteroatoms. The molecule has 2 aromatic rings. The number of nitrogens with one attached hydrogen (secondary N) is 3. The number of aromatic nitrogens is 1. The average molecular weight is 269 g/mol. The molecule has 0 amide bonds. The SMILES string of the molecule is CNS(=O)(=O)Nc1ccc2cc(C(=O)O)[nH]c2c1. The van der Waals surface area contributed by atoms with E-state index in [4.69, 9.17) is 5.11 Å². The van der Waals surface area contributed by atoms with Crippen molar-refractivity contribution in [2.45, 2.75) is 0 Å². The molecule has 0 radical (unpaired) electrons. The highest BCUT2D eigenvalue weighted by atomic mass is 32.2. The fraction of sp³-hybridized carbons (Fsp3) is 0.100. The Morgan fingerprint density at radius 3 is 2.67 bits per heavy atom. The Kier molecular flexibility index (Phi) is 2.97. The third-order valence-electron chi connectivity index (χ3n) is 2.37. The summed E-state index contributed by atoms with van der Waals surface area (Å²) in [6.07, 6.45) is 0. The maximum Gasteiger partial charge on any atom is 0.352 e. The van der Waals surface area contributed by atoms with Crippen LogP contribution in [0.15, 0.2) is 24.3 Å². The molecule has 18 heavy (non-hydrogen) atoms. The fourth-order valence-electron chi connectivity index (χ4n) is 1.51. The summed E-state index contributed by atoms with van der Waals surface area (Å²) in [7, 11) is -2.29. The van der Waals surface area contributed by atoms with Crippen molar-refractivity contribution in [2.24, 2.45) is 0 Å². The molecule has 0 aliphatic carbocycles. The summed E-state index contributed by atoms with van der Waals surface area (Å²) in [4.78, 5) is 13.5. The van der Waals surface area contributed by atoms with Crippen LogP contribution in [0.25, 0.3) is 10.9 Å². The number of carbonyl (C=O) groups is 1. The molecule has 1 aromatic heterocycles. The molecule has 0 spiro atoms. The molecule has 0 aliphatic heterocycles. The van der Waals surface area contributed by atoms with Crippen LogP contribution < -0.4 is 9.44 Å². The van der Waals surface area contributed by atoms with Gasteiger partial charge in [-0.3, -0.25) is 4.72 Å². The van der Waals surface area contributed by atoms with Gasteiger partial charge < -0.3 is 10.1 Å². The number of H-pyrrole nitrogens is 1. The average Bonchev–Trinajstić information content (AvgIpc) is 2.71. The molecule has 4 N–H and O–H groups in total. The maximum atomic E-state index is 11.3. The third kappa shape index (κ3) is 2.44. The van der Waals surface area contributed by atoms with E-state index in [-0.39, 0.29) is 5.69 Å². The highest BCUT2D eigenvalue weighted by molar-refractivity contribution is 7.90. The van der Waals surface area contributed by atoms with Crippen molar-refractivity contribution in [3.05, 3.63) is 30.0 Å². The van der Waals surface area contributed by atoms with Crippen LogP contribution in [-0.4, -0.2) is 31.5 Å². The topological polar surface area (TPSA) is 111 Å². The zero-order valence-corrected chi connectivity index (χ0v) is 10.2. The lowest BCUT2D eigenvalue weighted by atomic mass is 10.2. The summed E-state index contributed by atoms with van der Waals surface area (Å²) in [5.41, 5.74) is 0.943. The van der Waals surface area contributed by atoms with E-state index in [1.54, 1.807) is 12.1 Å². The molecular formula is C10H11N3O4S. The Morgan fingerprint density at radius 1 is 1.33 bits per heavy atom. The van der Waals surface area contributed by atoms with Gasteiger partial charge in [0.25, 0.3) is 10.2 Å². The van der Waals surface area contributed by atoms with E-state index in [9.17, 15) is 13.2 Å². The second-order valence-electron chi connectivity index (χ2n) is 3.60. The van der Waals surface area contributed by atoms with E-state index in [0.717, 1.165) is 0 Å². The summed E-state index contributed by atoms with van der Waals surface area (Å²) in [6.45, 7) is 0. The summed E-state index contributed by atoms with van der Waals surface area (Å²) in [5, 5.41) is 9.52. The van der Waals surface area contributed by atoms with Gasteiger partial charge in [0.1, 0.15) is 5.69 Å². The Labute approximate surface area is 103 Å². The molecule has 96 valence electrons. The largest absolute Gasteiger partial charge is 0.477 e. The number of carboxylic acid groups (broad SMARTS) is 1. The number of aromatic carboxylic acids is 1. The molecule has 7 nitrogen and oxygen atoms in total. The Balaban J connectivity index is 2.41. The Hall–Kier alpha value is -2.06. The van der Waals surface area contributed by atoms with Crippen molar-refractivity contribution >= 4 is 32.8 Å². The molecule has 0 saturated heterocycles. The van der Waals surface area contributed by atoms with Crippen LogP contribution in [0.3, 0.4) is 0 Å². The van der Waals surface area contributed by atoms with Gasteiger partial charge >= 0.3 is 5.97 Å². The first-order valence-electron chi connectivity index (χ1n) is 4.98. The van der Waals surface area contributed by atoms with Crippen molar-refractivity contribution in [2.75, 3.05) is 11.8 Å². The molecule has 2 rings (SSSR count). The minimum absolute atomic E-state index is 0.0543. The summed E-state index contributed by atoms with van der Waals surface area (Å²) in [5.74, 6) is -1.07. The van der Waals surface area contributed by atoms with Crippen molar-refractivity contribution in [1.82, 2.24) is 9.71 Å². The number of fused-ring (bicyclic) bond motifs is 1. The van der Waals surface area contributed by atoms with Gasteiger partial charge in [0.15, 0.2) is 0 Å². The molecule has 0 aliphatic rings. The van der Waals surface area contributed by atoms with Crippen LogP contribution in [-0.2, 0) is 10.2 Å². The van der Waals surface area contributed by atoms with Crippen molar-refractivity contribution in [3.8, 4) is 0 Å². The number of hydrogen-bond donors (Lipinski definition) is 4. The van der Waals surface area contributed by atoms with E-state index in [0.29, 0.717) is 16.6 Å². The minimum atomic E-state index is -3.58. The summed E-state index contributed by atoms with van der Waals surface area (Å²) >= 11 is 0. The second-order valence-corrected chi connectivity index (χ2v) is 5.22. The zero-order valence-electron chi connectivity index (χ0n) is 9.39. The number of anilines is 1. The fourth-order valence-corrected chi connectivity index (χ4v) is 2.05. The molecule has 0 unspecified atom stereocenters. The second kappa shape index (κ2) is 4.31. The van der Waals surface area contributed by atoms with Gasteiger partial charge in [0.2, 0.25) is 0 Å². The number of benzene rings is 1. The molecule has 0 bridgehead atoms. The molecule has 1 heterocycles. The van der Waals surface area contributed by atoms with Crippen molar-refractivity contribution < 1.29 is 18.3 Å². The van der Waals surface area contributed by atoms with Crippen molar-refractivity contribution in [1.29, 1.82) is 0 Å². The number of rotatable bonds is 4. The van der Waals surface area contributed by atoms with E-state index >= 15 is 0 Å². The quantitative estimate of drug-likeness (QED) is 0.656. The van der Waals surface area contributed by atoms with Gasteiger partial charge in [-0.2, -0.15) is 8.42 Å². The van der Waals surface area contributed by atoms with Gasteiger partial charge in [0, 0.05) is 18.0 Å². The lowest BCUT2D eigenvalue weighted by Gasteiger charge is -2.05. The first-order chi connectivity index (χ1) is 8.41. The number of hydrogen-bond acceptors (Lipinski definition) is 3. The van der Waals surface area contributed by atoms with Gasteiger partial charge in [-0.05, 0) is 18.2 Å². The van der Waals surface area contributed by atoms with Gasteiger partial charge in [-0.1, -0.05) is 6.07 Å². The van der Waals surface area contributed by atoms with E-state index in [2.05, 4.69) is 14.4 Å². The molecule has 0 saturated carbocycles. The Bertz CT molecular complexity index is 705. The predicted octanol–water partition coefficient (Wildman–Crippen LogP) is 0.742. The van der Waals surface area contributed by atoms with Crippen LogP contribution in [0.2, 0.25) is 0 Å². The van der Waals surface area contributed by atoms with Gasteiger partial charge in [-0.15, -0.1) is 0 Å². The van der Waals surface area contributed by atoms with Crippen LogP contribution in [0.4, 0.5) is 5.69 Å². The van der Waals surface area contributed by atoms with Gasteiger partial charge in [0.05, 0.1) is 5.69 Å². The standard InChI is InChI=1S/C10H11N3O4S/c1-11-18(16,17)13-7-3-2-6-4-9(10(14)15)12-8(6)5-7/h2-5,11-13H,1H3,(H,14,15). The van der Waals surface area contributed by atoms with E-state index in [1.807, 2.05) is 0 Å². The van der Waals surface area contributed by atoms with Crippen LogP contribution >= 0.6 is 0 Å². The van der Waals surface area contributed by atoms with Gasteiger partial charge in [-0.25, -0.2) is 9.52 Å². The number of aromatic amines is 1. The third-order valence-corrected chi connectivity index (χ3v) is 3.42. The first-order valence-corrected chi connectivity index (χ1v) is 6.47. The smallest absolute Gasteiger partial charge is 0.352 e. The molecule has 1 aromatic carbocycles. The maximum absolute atomic E-state index is 11.3. The highest BCUT2D eigenvalue weighted by Crippen LogP contribution is 2.20. The van der Waals surface area contributed by atoms with Crippen LogP contribution in [0.5, 0.6) is 0 Å². The van der Waals surface area contributed by atoms with E-state index in [1.165, 1.54) is 19.2 Å². The first kappa shape index (κ1) is 12.4. The van der Waals surface area contributed by atoms with Crippen LogP contribution in [0.1, 0.15) is 10.5 Å². The zero-order chi connectivity index (χ0) is 13.3. The van der Waals surface area contributed by atoms with Crippen molar-refractivity contribution in [3.63, 3.8) is 0 Å². The lowest BCUT2D eigenvalue weighted by Crippen LogP contribution is -2.26. The summed E-state index contributed by atoms with van der Waals surface area (Å²) in [6, 6.07) is 6.19. The highest BCUT2D eigenvalue weighted by Gasteiger charge is 2.10. The lowest BCUT2D eigenvalue weighted by molar-refractivity contribution is 0.0691. The minimum Gasteiger partial charge on any atom is -0.477 e. The Morgan fingerprint density at radius 2 is 2.06 bits per heavy atom. The predicted molar refractivity (Wildman–Crippen MR) is 66.9 cm³/mol. The van der Waals surface area contributed by atoms with E-state index < -0.39 is 16.2 Å². The number of carboxylic acids is 1. The molecule has 0 fully saturated rings. The summed E-state index contributed by atoms with van der Waals surface area (Å²) < 4.78 is 27.0.